The summed E-state index contributed by atoms with van der Waals surface area (Å²) >= 11 is 6.07. The van der Waals surface area contributed by atoms with Gasteiger partial charge in [-0.05, 0) is 49.8 Å². The lowest BCUT2D eigenvalue weighted by molar-refractivity contribution is -0.124. The first-order valence-corrected chi connectivity index (χ1v) is 8.10. The zero-order valence-corrected chi connectivity index (χ0v) is 15.6. The number of likely N-dealkylation sites (N-methyl/N-ethyl adjacent to an activating group) is 1. The minimum Gasteiger partial charge on any atom is -0.478 e. The molecule has 0 aliphatic heterocycles. The lowest BCUT2D eigenvalue weighted by atomic mass is 10.1. The molecule has 1 aromatic heterocycles. The number of amides is 1. The van der Waals surface area contributed by atoms with Gasteiger partial charge in [0.1, 0.15) is 11.6 Å². The molecule has 1 heterocycles. The van der Waals surface area contributed by atoms with Crippen molar-refractivity contribution in [3.05, 3.63) is 57.4 Å². The van der Waals surface area contributed by atoms with Crippen molar-refractivity contribution < 1.29 is 14.7 Å². The highest BCUT2D eigenvalue weighted by atomic mass is 35.5. The van der Waals surface area contributed by atoms with Gasteiger partial charge in [0.2, 0.25) is 0 Å². The minimum atomic E-state index is -1.09. The Morgan fingerprint density at radius 1 is 1.27 bits per heavy atom. The van der Waals surface area contributed by atoms with E-state index < -0.39 is 5.97 Å². The van der Waals surface area contributed by atoms with Crippen molar-refractivity contribution >= 4 is 29.6 Å². The molecule has 0 aliphatic carbocycles. The highest BCUT2D eigenvalue weighted by Crippen LogP contribution is 2.26. The third-order valence-electron chi connectivity index (χ3n) is 3.97. The summed E-state index contributed by atoms with van der Waals surface area (Å²) in [5.41, 5.74) is 3.17. The van der Waals surface area contributed by atoms with Crippen LogP contribution in [0.15, 0.2) is 29.8 Å². The van der Waals surface area contributed by atoms with Crippen LogP contribution in [-0.4, -0.2) is 40.5 Å². The Labute approximate surface area is 156 Å². The minimum absolute atomic E-state index is 0.0290. The van der Waals surface area contributed by atoms with E-state index in [0.29, 0.717) is 5.69 Å². The lowest BCUT2D eigenvalue weighted by Gasteiger charge is -2.11. The number of carbonyl (C=O) groups is 2. The van der Waals surface area contributed by atoms with Gasteiger partial charge in [-0.3, -0.25) is 4.79 Å². The van der Waals surface area contributed by atoms with Gasteiger partial charge in [0.05, 0.1) is 10.6 Å². The van der Waals surface area contributed by atoms with Crippen LogP contribution in [-0.2, 0) is 4.79 Å². The molecule has 0 bridgehead atoms. The highest BCUT2D eigenvalue weighted by Gasteiger charge is 2.16. The van der Waals surface area contributed by atoms with Crippen LogP contribution < -0.4 is 0 Å². The van der Waals surface area contributed by atoms with Crippen LogP contribution in [0.25, 0.3) is 11.8 Å². The van der Waals surface area contributed by atoms with Crippen molar-refractivity contribution in [1.29, 1.82) is 5.26 Å². The molecule has 0 atom stereocenters. The van der Waals surface area contributed by atoms with Gasteiger partial charge in [0, 0.05) is 31.2 Å². The van der Waals surface area contributed by atoms with E-state index in [9.17, 15) is 14.9 Å². The quantitative estimate of drug-likeness (QED) is 0.658. The number of carbonyl (C=O) groups excluding carboxylic acids is 1. The van der Waals surface area contributed by atoms with E-state index in [1.165, 1.54) is 11.0 Å². The number of aromatic nitrogens is 1. The van der Waals surface area contributed by atoms with Gasteiger partial charge in [0.15, 0.2) is 0 Å². The van der Waals surface area contributed by atoms with Gasteiger partial charge in [0.25, 0.3) is 5.91 Å². The molecule has 0 fully saturated rings. The maximum Gasteiger partial charge on any atom is 0.337 e. The molecule has 2 rings (SSSR count). The SMILES string of the molecule is Cc1cc(/C=C(/C#N)C(=O)N(C)C)c(C)n1-c1ccc(C(=O)O)c(Cl)c1. The molecule has 6 nitrogen and oxygen atoms in total. The molecule has 0 spiro atoms. The number of carboxylic acids is 1. The summed E-state index contributed by atoms with van der Waals surface area (Å²) in [6, 6.07) is 8.48. The molecule has 0 saturated carbocycles. The van der Waals surface area contributed by atoms with Crippen LogP contribution in [0.4, 0.5) is 0 Å². The Morgan fingerprint density at radius 2 is 1.92 bits per heavy atom. The maximum absolute atomic E-state index is 12.1. The Morgan fingerprint density at radius 3 is 2.42 bits per heavy atom. The molecule has 0 aliphatic rings. The van der Waals surface area contributed by atoms with Crippen LogP contribution in [0.5, 0.6) is 0 Å². The summed E-state index contributed by atoms with van der Waals surface area (Å²) < 4.78 is 1.89. The topological polar surface area (TPSA) is 86.3 Å². The third kappa shape index (κ3) is 3.63. The first-order valence-electron chi connectivity index (χ1n) is 7.73. The standard InChI is InChI=1S/C19H18ClN3O3/c1-11-7-13(8-14(10-21)18(24)22(3)4)12(2)23(11)15-5-6-16(19(25)26)17(20)9-15/h5-9H,1-4H3,(H,25,26)/b14-8-. The second-order valence-electron chi connectivity index (χ2n) is 6.00. The van der Waals surface area contributed by atoms with Crippen molar-refractivity contribution in [2.24, 2.45) is 0 Å². The van der Waals surface area contributed by atoms with E-state index in [1.54, 1.807) is 32.3 Å². The van der Waals surface area contributed by atoms with Crippen LogP contribution in [0.3, 0.4) is 0 Å². The predicted molar refractivity (Wildman–Crippen MR) is 99.5 cm³/mol. The molecule has 0 saturated heterocycles. The van der Waals surface area contributed by atoms with Gasteiger partial charge < -0.3 is 14.6 Å². The number of hydrogen-bond donors (Lipinski definition) is 1. The van der Waals surface area contributed by atoms with Crippen LogP contribution >= 0.6 is 11.6 Å². The van der Waals surface area contributed by atoms with E-state index in [-0.39, 0.29) is 22.1 Å². The fourth-order valence-corrected chi connectivity index (χ4v) is 2.94. The molecule has 0 radical (unpaired) electrons. The van der Waals surface area contributed by atoms with Gasteiger partial charge in [-0.2, -0.15) is 5.26 Å². The Hall–Kier alpha value is -3.04. The van der Waals surface area contributed by atoms with E-state index in [1.807, 2.05) is 30.6 Å². The maximum atomic E-state index is 12.1. The molecular weight excluding hydrogens is 354 g/mol. The number of halogens is 1. The van der Waals surface area contributed by atoms with E-state index in [2.05, 4.69) is 0 Å². The van der Waals surface area contributed by atoms with Crippen molar-refractivity contribution in [3.63, 3.8) is 0 Å². The van der Waals surface area contributed by atoms with Crippen molar-refractivity contribution in [1.82, 2.24) is 9.47 Å². The number of nitriles is 1. The molecule has 2 aromatic rings. The highest BCUT2D eigenvalue weighted by molar-refractivity contribution is 6.33. The number of aryl methyl sites for hydroxylation is 1. The molecular formula is C19H18ClN3O3. The first-order chi connectivity index (χ1) is 12.2. The molecule has 1 aromatic carbocycles. The van der Waals surface area contributed by atoms with Gasteiger partial charge in [-0.25, -0.2) is 4.79 Å². The summed E-state index contributed by atoms with van der Waals surface area (Å²) in [5.74, 6) is -1.46. The lowest BCUT2D eigenvalue weighted by Crippen LogP contribution is -2.22. The van der Waals surface area contributed by atoms with Crippen LogP contribution in [0.1, 0.15) is 27.3 Å². The zero-order valence-electron chi connectivity index (χ0n) is 14.9. The normalized spacial score (nSPS) is 11.2. The van der Waals surface area contributed by atoms with E-state index in [4.69, 9.17) is 16.7 Å². The average Bonchev–Trinajstić information content (AvgIpc) is 2.85. The summed E-state index contributed by atoms with van der Waals surface area (Å²) in [5, 5.41) is 18.5. The number of aromatic carboxylic acids is 1. The van der Waals surface area contributed by atoms with Crippen LogP contribution in [0.2, 0.25) is 5.02 Å². The fraction of sp³-hybridized carbons (Fsp3) is 0.211. The predicted octanol–water partition coefficient (Wildman–Crippen LogP) is 3.44. The first kappa shape index (κ1) is 19.3. The summed E-state index contributed by atoms with van der Waals surface area (Å²) in [6.07, 6.45) is 1.55. The number of benzene rings is 1. The van der Waals surface area contributed by atoms with Crippen molar-refractivity contribution in [2.45, 2.75) is 13.8 Å². The zero-order chi connectivity index (χ0) is 19.6. The second-order valence-corrected chi connectivity index (χ2v) is 6.41. The monoisotopic (exact) mass is 371 g/mol. The third-order valence-corrected chi connectivity index (χ3v) is 4.28. The summed E-state index contributed by atoms with van der Waals surface area (Å²) in [6.45, 7) is 3.73. The number of carboxylic acid groups (broad SMARTS) is 1. The molecule has 1 amide bonds. The molecule has 134 valence electrons. The van der Waals surface area contributed by atoms with Crippen molar-refractivity contribution in [3.8, 4) is 11.8 Å². The summed E-state index contributed by atoms with van der Waals surface area (Å²) in [7, 11) is 3.17. The average molecular weight is 372 g/mol. The Bertz CT molecular complexity index is 965. The number of rotatable bonds is 4. The Balaban J connectivity index is 2.55. The largest absolute Gasteiger partial charge is 0.478 e. The van der Waals surface area contributed by atoms with Gasteiger partial charge in [-0.15, -0.1) is 0 Å². The van der Waals surface area contributed by atoms with Gasteiger partial charge >= 0.3 is 5.97 Å². The molecule has 26 heavy (non-hydrogen) atoms. The van der Waals surface area contributed by atoms with Gasteiger partial charge in [-0.1, -0.05) is 11.6 Å². The summed E-state index contributed by atoms with van der Waals surface area (Å²) in [4.78, 5) is 24.5. The Kier molecular flexibility index (Phi) is 5.53. The molecule has 1 N–H and O–H groups in total. The number of hydrogen-bond acceptors (Lipinski definition) is 3. The second kappa shape index (κ2) is 7.46. The van der Waals surface area contributed by atoms with Crippen molar-refractivity contribution in [2.75, 3.05) is 14.1 Å². The molecule has 7 heteroatoms. The fourth-order valence-electron chi connectivity index (χ4n) is 2.69. The van der Waals surface area contributed by atoms with E-state index in [0.717, 1.165) is 17.0 Å². The number of nitrogens with zero attached hydrogens (tertiary/aromatic N) is 3. The smallest absolute Gasteiger partial charge is 0.337 e. The van der Waals surface area contributed by atoms with E-state index >= 15 is 0 Å². The molecule has 0 unspecified atom stereocenters. The van der Waals surface area contributed by atoms with Crippen LogP contribution in [0, 0.1) is 25.2 Å².